The Labute approximate surface area is 96.5 Å². The van der Waals surface area contributed by atoms with E-state index in [0.717, 1.165) is 17.8 Å². The summed E-state index contributed by atoms with van der Waals surface area (Å²) < 4.78 is 13.5. The second kappa shape index (κ2) is 5.93. The van der Waals surface area contributed by atoms with Crippen molar-refractivity contribution in [2.24, 2.45) is 5.73 Å². The van der Waals surface area contributed by atoms with Crippen molar-refractivity contribution >= 4 is 18.1 Å². The number of anilines is 1. The summed E-state index contributed by atoms with van der Waals surface area (Å²) >= 11 is 0. The number of halogens is 2. The standard InChI is InChI=1S/C11H17FN2.ClH/c1-4-14-11-6-10(12)9(8(3)13)5-7(11)2;/h5-6,8,14H,4,13H2,1-3H3;1H/t8-;/m1./s1. The zero-order valence-corrected chi connectivity index (χ0v) is 10.1. The Kier molecular flexibility index (Phi) is 5.61. The van der Waals surface area contributed by atoms with Crippen LogP contribution in [0.5, 0.6) is 0 Å². The number of aryl methyl sites for hydroxylation is 1. The number of benzene rings is 1. The van der Waals surface area contributed by atoms with Gasteiger partial charge in [-0.2, -0.15) is 0 Å². The summed E-state index contributed by atoms with van der Waals surface area (Å²) in [6, 6.07) is 3.06. The largest absolute Gasteiger partial charge is 0.385 e. The quantitative estimate of drug-likeness (QED) is 0.841. The molecule has 1 atom stereocenters. The lowest BCUT2D eigenvalue weighted by Gasteiger charge is -2.13. The van der Waals surface area contributed by atoms with Gasteiger partial charge in [0.1, 0.15) is 5.82 Å². The molecule has 15 heavy (non-hydrogen) atoms. The average molecular weight is 233 g/mol. The minimum absolute atomic E-state index is 0. The molecule has 4 heteroatoms. The van der Waals surface area contributed by atoms with Gasteiger partial charge in [0.25, 0.3) is 0 Å². The van der Waals surface area contributed by atoms with Crippen LogP contribution >= 0.6 is 12.4 Å². The number of rotatable bonds is 3. The summed E-state index contributed by atoms with van der Waals surface area (Å²) in [4.78, 5) is 0. The predicted octanol–water partition coefficient (Wildman–Crippen LogP) is 3.01. The third-order valence-electron chi connectivity index (χ3n) is 2.20. The Balaban J connectivity index is 0.00000196. The van der Waals surface area contributed by atoms with Gasteiger partial charge in [-0.25, -0.2) is 4.39 Å². The molecular formula is C11H18ClFN2. The maximum Gasteiger partial charge on any atom is 0.130 e. The molecule has 0 aliphatic carbocycles. The van der Waals surface area contributed by atoms with E-state index in [1.54, 1.807) is 13.0 Å². The molecule has 0 amide bonds. The molecule has 1 rings (SSSR count). The normalized spacial score (nSPS) is 11.8. The maximum absolute atomic E-state index is 13.5. The van der Waals surface area contributed by atoms with E-state index in [1.165, 1.54) is 6.07 Å². The fourth-order valence-corrected chi connectivity index (χ4v) is 1.43. The van der Waals surface area contributed by atoms with Gasteiger partial charge in [0.15, 0.2) is 0 Å². The molecular weight excluding hydrogens is 215 g/mol. The average Bonchev–Trinajstić information content (AvgIpc) is 2.10. The summed E-state index contributed by atoms with van der Waals surface area (Å²) in [6.07, 6.45) is 0. The molecule has 0 aliphatic heterocycles. The molecule has 1 aromatic rings. The molecule has 0 bridgehead atoms. The van der Waals surface area contributed by atoms with E-state index in [9.17, 15) is 4.39 Å². The summed E-state index contributed by atoms with van der Waals surface area (Å²) in [6.45, 7) is 6.50. The van der Waals surface area contributed by atoms with Crippen molar-refractivity contribution in [1.82, 2.24) is 0 Å². The van der Waals surface area contributed by atoms with E-state index in [1.807, 2.05) is 13.8 Å². The van der Waals surface area contributed by atoms with Crippen molar-refractivity contribution in [2.45, 2.75) is 26.8 Å². The van der Waals surface area contributed by atoms with Crippen molar-refractivity contribution in [3.8, 4) is 0 Å². The summed E-state index contributed by atoms with van der Waals surface area (Å²) in [5.41, 5.74) is 8.09. The van der Waals surface area contributed by atoms with E-state index in [-0.39, 0.29) is 24.3 Å². The molecule has 0 fully saturated rings. The summed E-state index contributed by atoms with van der Waals surface area (Å²) in [5, 5.41) is 3.10. The SMILES string of the molecule is CCNc1cc(F)c([C@@H](C)N)cc1C.Cl. The van der Waals surface area contributed by atoms with Crippen molar-refractivity contribution in [3.63, 3.8) is 0 Å². The first kappa shape index (κ1) is 14.2. The van der Waals surface area contributed by atoms with Crippen LogP contribution in [0.4, 0.5) is 10.1 Å². The van der Waals surface area contributed by atoms with Gasteiger partial charge in [-0.1, -0.05) is 0 Å². The van der Waals surface area contributed by atoms with Gasteiger partial charge in [-0.15, -0.1) is 12.4 Å². The van der Waals surface area contributed by atoms with E-state index in [2.05, 4.69) is 5.32 Å². The van der Waals surface area contributed by atoms with Crippen LogP contribution in [0.15, 0.2) is 12.1 Å². The fourth-order valence-electron chi connectivity index (χ4n) is 1.43. The smallest absolute Gasteiger partial charge is 0.130 e. The Hall–Kier alpha value is -0.800. The number of nitrogens with two attached hydrogens (primary N) is 1. The molecule has 3 N–H and O–H groups in total. The van der Waals surface area contributed by atoms with Gasteiger partial charge in [0.2, 0.25) is 0 Å². The molecule has 1 aromatic carbocycles. The van der Waals surface area contributed by atoms with Crippen LogP contribution in [-0.4, -0.2) is 6.54 Å². The fraction of sp³-hybridized carbons (Fsp3) is 0.455. The summed E-state index contributed by atoms with van der Waals surface area (Å²) in [7, 11) is 0. The number of nitrogens with one attached hydrogen (secondary N) is 1. The second-order valence-electron chi connectivity index (χ2n) is 3.51. The lowest BCUT2D eigenvalue weighted by molar-refractivity contribution is 0.593. The third-order valence-corrected chi connectivity index (χ3v) is 2.20. The maximum atomic E-state index is 13.5. The first-order valence-electron chi connectivity index (χ1n) is 4.85. The van der Waals surface area contributed by atoms with Gasteiger partial charge in [0.05, 0.1) is 0 Å². The molecule has 0 heterocycles. The van der Waals surface area contributed by atoms with Crippen LogP contribution in [0.3, 0.4) is 0 Å². The van der Waals surface area contributed by atoms with Gasteiger partial charge in [-0.05, 0) is 38.5 Å². The van der Waals surface area contributed by atoms with Crippen LogP contribution in [0.1, 0.15) is 31.0 Å². The number of hydrogen-bond donors (Lipinski definition) is 2. The lowest BCUT2D eigenvalue weighted by atomic mass is 10.0. The van der Waals surface area contributed by atoms with Gasteiger partial charge < -0.3 is 11.1 Å². The molecule has 2 nitrogen and oxygen atoms in total. The van der Waals surface area contributed by atoms with Crippen LogP contribution < -0.4 is 11.1 Å². The topological polar surface area (TPSA) is 38.0 Å². The Morgan fingerprint density at radius 2 is 2.07 bits per heavy atom. The van der Waals surface area contributed by atoms with Crippen molar-refractivity contribution in [2.75, 3.05) is 11.9 Å². The lowest BCUT2D eigenvalue weighted by Crippen LogP contribution is -2.09. The zero-order chi connectivity index (χ0) is 10.7. The highest BCUT2D eigenvalue weighted by molar-refractivity contribution is 5.85. The van der Waals surface area contributed by atoms with Crippen LogP contribution in [0.2, 0.25) is 0 Å². The molecule has 0 saturated heterocycles. The van der Waals surface area contributed by atoms with Crippen molar-refractivity contribution < 1.29 is 4.39 Å². The first-order valence-corrected chi connectivity index (χ1v) is 4.85. The van der Waals surface area contributed by atoms with Crippen molar-refractivity contribution in [1.29, 1.82) is 0 Å². The highest BCUT2D eigenvalue weighted by Crippen LogP contribution is 2.23. The third kappa shape index (κ3) is 3.36. The van der Waals surface area contributed by atoms with Crippen LogP contribution in [-0.2, 0) is 0 Å². The second-order valence-corrected chi connectivity index (χ2v) is 3.51. The highest BCUT2D eigenvalue weighted by Gasteiger charge is 2.09. The van der Waals surface area contributed by atoms with Gasteiger partial charge in [-0.3, -0.25) is 0 Å². The number of hydrogen-bond acceptors (Lipinski definition) is 2. The molecule has 0 aliphatic rings. The monoisotopic (exact) mass is 232 g/mol. The molecule has 0 aromatic heterocycles. The molecule has 0 unspecified atom stereocenters. The molecule has 0 spiro atoms. The van der Waals surface area contributed by atoms with Gasteiger partial charge >= 0.3 is 0 Å². The van der Waals surface area contributed by atoms with E-state index in [0.29, 0.717) is 5.56 Å². The zero-order valence-electron chi connectivity index (χ0n) is 9.30. The molecule has 0 saturated carbocycles. The Bertz CT molecular complexity index is 327. The van der Waals surface area contributed by atoms with Gasteiger partial charge in [0, 0.05) is 23.8 Å². The van der Waals surface area contributed by atoms with E-state index < -0.39 is 0 Å². The van der Waals surface area contributed by atoms with E-state index in [4.69, 9.17) is 5.73 Å². The molecule has 86 valence electrons. The van der Waals surface area contributed by atoms with Crippen molar-refractivity contribution in [3.05, 3.63) is 29.1 Å². The van der Waals surface area contributed by atoms with Crippen LogP contribution in [0, 0.1) is 12.7 Å². The minimum atomic E-state index is -0.260. The predicted molar refractivity (Wildman–Crippen MR) is 65.2 cm³/mol. The summed E-state index contributed by atoms with van der Waals surface area (Å²) in [5.74, 6) is -0.235. The Morgan fingerprint density at radius 3 is 2.53 bits per heavy atom. The highest BCUT2D eigenvalue weighted by atomic mass is 35.5. The van der Waals surface area contributed by atoms with E-state index >= 15 is 0 Å². The first-order chi connectivity index (χ1) is 6.56. The van der Waals surface area contributed by atoms with Crippen LogP contribution in [0.25, 0.3) is 0 Å². The minimum Gasteiger partial charge on any atom is -0.385 e. The Morgan fingerprint density at radius 1 is 1.47 bits per heavy atom. The molecule has 0 radical (unpaired) electrons.